The van der Waals surface area contributed by atoms with E-state index in [1.807, 2.05) is 37.1 Å². The summed E-state index contributed by atoms with van der Waals surface area (Å²) in [5.41, 5.74) is 11.5. The third kappa shape index (κ3) is 7.39. The number of aromatic nitrogens is 1. The first-order chi connectivity index (χ1) is 18.6. The van der Waals surface area contributed by atoms with Crippen molar-refractivity contribution in [1.82, 2.24) is 9.88 Å². The van der Waals surface area contributed by atoms with Gasteiger partial charge in [-0.15, -0.1) is 0 Å². The van der Waals surface area contributed by atoms with Crippen molar-refractivity contribution in [3.63, 3.8) is 0 Å². The van der Waals surface area contributed by atoms with Gasteiger partial charge in [0.2, 0.25) is 5.91 Å². The van der Waals surface area contributed by atoms with Gasteiger partial charge in [0.05, 0.1) is 11.1 Å². The Kier molecular flexibility index (Phi) is 10.1. The van der Waals surface area contributed by atoms with Gasteiger partial charge in [0, 0.05) is 33.2 Å². The Balaban J connectivity index is 1.82. The Morgan fingerprint density at radius 2 is 1.85 bits per heavy atom. The summed E-state index contributed by atoms with van der Waals surface area (Å²) >= 11 is 1.11. The lowest BCUT2D eigenvalue weighted by atomic mass is 9.92. The van der Waals surface area contributed by atoms with E-state index in [2.05, 4.69) is 17.0 Å². The summed E-state index contributed by atoms with van der Waals surface area (Å²) < 4.78 is 4.79. The monoisotopic (exact) mass is 551 g/mol. The molecule has 1 aromatic heterocycles. The Hall–Kier alpha value is -3.84. The van der Waals surface area contributed by atoms with Gasteiger partial charge in [-0.2, -0.15) is 10.5 Å². The SMILES string of the molecule is CCc1c(C#N)c(SC(C(N)=O)c2ccccc2)nc(N(C)CCN2CCC(O)(COC(N)=O)CC2)c1C#N. The fourth-order valence-electron chi connectivity index (χ4n) is 4.51. The van der Waals surface area contributed by atoms with Crippen LogP contribution < -0.4 is 16.4 Å². The van der Waals surface area contributed by atoms with Gasteiger partial charge >= 0.3 is 6.09 Å². The van der Waals surface area contributed by atoms with E-state index in [0.29, 0.717) is 73.0 Å². The van der Waals surface area contributed by atoms with Gasteiger partial charge < -0.3 is 31.1 Å². The standard InChI is InChI=1S/C27H33N7O4S/c1-3-19-20(15-28)24(33(2)13-14-34-11-9-27(37,10-12-34)17-38-26(31)36)32-25(21(19)16-29)39-22(23(30)35)18-7-5-4-6-8-18/h4-8,22,37H,3,9-14,17H2,1-2H3,(H2,30,35)(H2,31,36). The zero-order valence-corrected chi connectivity index (χ0v) is 22.9. The van der Waals surface area contributed by atoms with E-state index in [1.165, 1.54) is 0 Å². The highest BCUT2D eigenvalue weighted by Crippen LogP contribution is 2.39. The summed E-state index contributed by atoms with van der Waals surface area (Å²) in [5.74, 6) is -0.129. The number of hydrogen-bond donors (Lipinski definition) is 3. The van der Waals surface area contributed by atoms with E-state index in [1.54, 1.807) is 12.1 Å². The van der Waals surface area contributed by atoms with Gasteiger partial charge in [0.1, 0.15) is 40.4 Å². The highest BCUT2D eigenvalue weighted by atomic mass is 32.2. The number of carbonyl (C=O) groups is 2. The highest BCUT2D eigenvalue weighted by Gasteiger charge is 2.34. The number of pyridine rings is 1. The predicted octanol–water partition coefficient (Wildman–Crippen LogP) is 2.06. The van der Waals surface area contributed by atoms with Crippen LogP contribution in [0.2, 0.25) is 0 Å². The van der Waals surface area contributed by atoms with Crippen molar-refractivity contribution in [2.75, 3.05) is 44.7 Å². The number of piperidine rings is 1. The van der Waals surface area contributed by atoms with Gasteiger partial charge in [-0.05, 0) is 30.4 Å². The summed E-state index contributed by atoms with van der Waals surface area (Å²) in [4.78, 5) is 32.0. The van der Waals surface area contributed by atoms with Crippen molar-refractivity contribution >= 4 is 29.6 Å². The first-order valence-electron chi connectivity index (χ1n) is 12.6. The van der Waals surface area contributed by atoms with Crippen molar-refractivity contribution in [2.24, 2.45) is 11.5 Å². The number of aliphatic hydroxyl groups is 1. The molecule has 5 N–H and O–H groups in total. The first-order valence-corrected chi connectivity index (χ1v) is 13.5. The second-order valence-electron chi connectivity index (χ2n) is 9.45. The number of thioether (sulfide) groups is 1. The number of primary amides is 2. The number of anilines is 1. The lowest BCUT2D eigenvalue weighted by molar-refractivity contribution is -0.117. The largest absolute Gasteiger partial charge is 0.447 e. The Morgan fingerprint density at radius 3 is 2.38 bits per heavy atom. The normalized spacial score (nSPS) is 15.5. The van der Waals surface area contributed by atoms with Crippen LogP contribution >= 0.6 is 11.8 Å². The summed E-state index contributed by atoms with van der Waals surface area (Å²) in [7, 11) is 1.83. The summed E-state index contributed by atoms with van der Waals surface area (Å²) in [5, 5.41) is 30.2. The van der Waals surface area contributed by atoms with Crippen molar-refractivity contribution in [1.29, 1.82) is 10.5 Å². The van der Waals surface area contributed by atoms with Gasteiger partial charge in [-0.1, -0.05) is 49.0 Å². The molecular weight excluding hydrogens is 518 g/mol. The molecule has 1 saturated heterocycles. The van der Waals surface area contributed by atoms with Crippen LogP contribution in [0.25, 0.3) is 0 Å². The molecule has 11 nitrogen and oxygen atoms in total. The number of nitriles is 2. The van der Waals surface area contributed by atoms with E-state index in [4.69, 9.17) is 21.2 Å². The fraction of sp³-hybridized carbons (Fsp3) is 0.444. The molecule has 1 aliphatic heterocycles. The number of rotatable bonds is 11. The zero-order valence-electron chi connectivity index (χ0n) is 22.1. The molecule has 0 aliphatic carbocycles. The van der Waals surface area contributed by atoms with Crippen LogP contribution in [0.3, 0.4) is 0 Å². The third-order valence-electron chi connectivity index (χ3n) is 6.80. The van der Waals surface area contributed by atoms with Crippen LogP contribution in [-0.4, -0.2) is 72.4 Å². The number of nitrogens with zero attached hydrogens (tertiary/aromatic N) is 5. The molecule has 1 aromatic carbocycles. The lowest BCUT2D eigenvalue weighted by Crippen LogP contribution is -2.49. The number of hydrogen-bond acceptors (Lipinski definition) is 10. The maximum absolute atomic E-state index is 12.4. The highest BCUT2D eigenvalue weighted by molar-refractivity contribution is 8.00. The van der Waals surface area contributed by atoms with E-state index < -0.39 is 22.9 Å². The zero-order chi connectivity index (χ0) is 28.6. The molecule has 206 valence electrons. The van der Waals surface area contributed by atoms with Gasteiger partial charge in [0.15, 0.2) is 0 Å². The summed E-state index contributed by atoms with van der Waals surface area (Å²) in [6, 6.07) is 13.5. The maximum atomic E-state index is 12.4. The van der Waals surface area contributed by atoms with Crippen molar-refractivity contribution < 1.29 is 19.4 Å². The van der Waals surface area contributed by atoms with E-state index in [9.17, 15) is 25.2 Å². The molecule has 1 atom stereocenters. The average Bonchev–Trinajstić information content (AvgIpc) is 2.93. The van der Waals surface area contributed by atoms with Crippen LogP contribution in [0.4, 0.5) is 10.6 Å². The Bertz CT molecular complexity index is 1270. The van der Waals surface area contributed by atoms with Crippen molar-refractivity contribution in [3.8, 4) is 12.1 Å². The molecule has 39 heavy (non-hydrogen) atoms. The molecular formula is C27H33N7O4S. The van der Waals surface area contributed by atoms with Gasteiger partial charge in [-0.3, -0.25) is 4.79 Å². The molecule has 0 saturated carbocycles. The average molecular weight is 552 g/mol. The number of amides is 2. The minimum atomic E-state index is -1.10. The molecule has 1 fully saturated rings. The smallest absolute Gasteiger partial charge is 0.404 e. The Morgan fingerprint density at radius 1 is 1.21 bits per heavy atom. The topological polar surface area (TPSA) is 183 Å². The van der Waals surface area contributed by atoms with Crippen LogP contribution in [-0.2, 0) is 16.0 Å². The molecule has 1 aliphatic rings. The fourth-order valence-corrected chi connectivity index (χ4v) is 5.57. The molecule has 3 rings (SSSR count). The molecule has 0 radical (unpaired) electrons. The molecule has 2 heterocycles. The number of benzene rings is 1. The molecule has 1 unspecified atom stereocenters. The second kappa shape index (κ2) is 13.3. The first kappa shape index (κ1) is 29.7. The van der Waals surface area contributed by atoms with Gasteiger partial charge in [0.25, 0.3) is 0 Å². The second-order valence-corrected chi connectivity index (χ2v) is 10.5. The van der Waals surface area contributed by atoms with E-state index in [0.717, 1.165) is 11.8 Å². The van der Waals surface area contributed by atoms with Crippen LogP contribution in [0.15, 0.2) is 35.4 Å². The molecule has 12 heteroatoms. The number of likely N-dealkylation sites (N-methyl/N-ethyl adjacent to an activating group) is 1. The van der Waals surface area contributed by atoms with E-state index >= 15 is 0 Å². The van der Waals surface area contributed by atoms with Crippen LogP contribution in [0, 0.1) is 22.7 Å². The molecule has 0 spiro atoms. The Labute approximate surface area is 232 Å². The quantitative estimate of drug-likeness (QED) is 0.349. The number of ether oxygens (including phenoxy) is 1. The van der Waals surface area contributed by atoms with Crippen LogP contribution in [0.1, 0.15) is 47.3 Å². The van der Waals surface area contributed by atoms with Crippen molar-refractivity contribution in [2.45, 2.75) is 42.1 Å². The van der Waals surface area contributed by atoms with Crippen LogP contribution in [0.5, 0.6) is 0 Å². The predicted molar refractivity (Wildman–Crippen MR) is 147 cm³/mol. The maximum Gasteiger partial charge on any atom is 0.404 e. The van der Waals surface area contributed by atoms with Gasteiger partial charge in [-0.25, -0.2) is 9.78 Å². The minimum absolute atomic E-state index is 0.133. The van der Waals surface area contributed by atoms with Crippen molar-refractivity contribution in [3.05, 3.63) is 52.6 Å². The third-order valence-corrected chi connectivity index (χ3v) is 8.06. The minimum Gasteiger partial charge on any atom is -0.447 e. The number of likely N-dealkylation sites (tertiary alicyclic amines) is 1. The van der Waals surface area contributed by atoms with E-state index in [-0.39, 0.29) is 12.2 Å². The lowest BCUT2D eigenvalue weighted by Gasteiger charge is -2.38. The molecule has 0 bridgehead atoms. The molecule has 2 amide bonds. The summed E-state index contributed by atoms with van der Waals surface area (Å²) in [6.07, 6.45) is 0.382. The summed E-state index contributed by atoms with van der Waals surface area (Å²) in [6.45, 7) is 4.08. The molecule has 2 aromatic rings. The number of nitrogens with two attached hydrogens (primary N) is 2. The number of carbonyl (C=O) groups excluding carboxylic acids is 2.